The van der Waals surface area contributed by atoms with Gasteiger partial charge in [0.2, 0.25) is 5.91 Å². The van der Waals surface area contributed by atoms with Gasteiger partial charge in [0.25, 0.3) is 0 Å². The lowest BCUT2D eigenvalue weighted by molar-refractivity contribution is -0.122. The normalized spacial score (nSPS) is 12.3. The van der Waals surface area contributed by atoms with Crippen molar-refractivity contribution in [3.05, 3.63) is 54.4 Å². The van der Waals surface area contributed by atoms with Crippen LogP contribution in [0.3, 0.4) is 0 Å². The van der Waals surface area contributed by atoms with E-state index in [-0.39, 0.29) is 11.9 Å². The van der Waals surface area contributed by atoms with Gasteiger partial charge in [-0.1, -0.05) is 30.3 Å². The molecule has 1 amide bonds. The SMILES string of the molecule is CC(c1ccccc1)N(C)CC(=O)NCCCn1cccn1. The molecule has 0 aliphatic carbocycles. The van der Waals surface area contributed by atoms with E-state index in [1.54, 1.807) is 6.20 Å². The minimum atomic E-state index is 0.0609. The number of carbonyl (C=O) groups is 1. The molecule has 1 aromatic carbocycles. The highest BCUT2D eigenvalue weighted by Crippen LogP contribution is 2.17. The van der Waals surface area contributed by atoms with Crippen molar-refractivity contribution in [2.75, 3.05) is 20.1 Å². The minimum Gasteiger partial charge on any atom is -0.355 e. The number of aromatic nitrogens is 2. The van der Waals surface area contributed by atoms with Crippen LogP contribution in [0.1, 0.15) is 24.9 Å². The zero-order chi connectivity index (χ0) is 15.8. The zero-order valence-corrected chi connectivity index (χ0v) is 13.3. The molecule has 1 unspecified atom stereocenters. The molecule has 0 fully saturated rings. The molecule has 0 saturated heterocycles. The third kappa shape index (κ3) is 5.00. The Morgan fingerprint density at radius 1 is 1.32 bits per heavy atom. The number of hydrogen-bond acceptors (Lipinski definition) is 3. The Labute approximate surface area is 131 Å². The highest BCUT2D eigenvalue weighted by atomic mass is 16.2. The summed E-state index contributed by atoms with van der Waals surface area (Å²) in [6, 6.07) is 12.3. The summed E-state index contributed by atoms with van der Waals surface area (Å²) in [6.07, 6.45) is 4.57. The van der Waals surface area contributed by atoms with E-state index >= 15 is 0 Å². The van der Waals surface area contributed by atoms with Crippen LogP contribution >= 0.6 is 0 Å². The summed E-state index contributed by atoms with van der Waals surface area (Å²) in [5.74, 6) is 0.0609. The standard InChI is InChI=1S/C17H24N4O/c1-15(16-8-4-3-5-9-16)20(2)14-17(22)18-10-6-12-21-13-7-11-19-21/h3-5,7-9,11,13,15H,6,10,12,14H2,1-2H3,(H,18,22). The predicted octanol–water partition coefficient (Wildman–Crippen LogP) is 2.08. The lowest BCUT2D eigenvalue weighted by atomic mass is 10.1. The average molecular weight is 300 g/mol. The van der Waals surface area contributed by atoms with Gasteiger partial charge < -0.3 is 5.32 Å². The molecule has 0 spiro atoms. The van der Waals surface area contributed by atoms with Gasteiger partial charge in [-0.3, -0.25) is 14.4 Å². The second-order valence-corrected chi connectivity index (χ2v) is 5.47. The summed E-state index contributed by atoms with van der Waals surface area (Å²) < 4.78 is 1.87. The van der Waals surface area contributed by atoms with Crippen molar-refractivity contribution in [3.63, 3.8) is 0 Å². The molecule has 1 atom stereocenters. The minimum absolute atomic E-state index is 0.0609. The number of hydrogen-bond donors (Lipinski definition) is 1. The van der Waals surface area contributed by atoms with Crippen LogP contribution in [0.25, 0.3) is 0 Å². The number of benzene rings is 1. The smallest absolute Gasteiger partial charge is 0.234 e. The first-order valence-electron chi connectivity index (χ1n) is 7.66. The van der Waals surface area contributed by atoms with Gasteiger partial charge >= 0.3 is 0 Å². The van der Waals surface area contributed by atoms with Crippen LogP contribution in [0.15, 0.2) is 48.8 Å². The third-order valence-corrected chi connectivity index (χ3v) is 3.78. The van der Waals surface area contributed by atoms with E-state index in [0.717, 1.165) is 13.0 Å². The van der Waals surface area contributed by atoms with Crippen molar-refractivity contribution in [1.82, 2.24) is 20.0 Å². The number of rotatable bonds is 8. The van der Waals surface area contributed by atoms with E-state index < -0.39 is 0 Å². The van der Waals surface area contributed by atoms with Crippen molar-refractivity contribution >= 4 is 5.91 Å². The van der Waals surface area contributed by atoms with Gasteiger partial charge in [-0.25, -0.2) is 0 Å². The molecule has 2 rings (SSSR count). The third-order valence-electron chi connectivity index (χ3n) is 3.78. The molecule has 1 aromatic heterocycles. The Balaban J connectivity index is 1.67. The van der Waals surface area contributed by atoms with Crippen LogP contribution in [-0.2, 0) is 11.3 Å². The molecular formula is C17H24N4O. The molecule has 22 heavy (non-hydrogen) atoms. The maximum absolute atomic E-state index is 12.0. The molecule has 1 N–H and O–H groups in total. The first-order valence-corrected chi connectivity index (χ1v) is 7.66. The first-order chi connectivity index (χ1) is 10.7. The Bertz CT molecular complexity index is 553. The van der Waals surface area contributed by atoms with E-state index in [9.17, 15) is 4.79 Å². The van der Waals surface area contributed by atoms with Crippen LogP contribution in [0.2, 0.25) is 0 Å². The number of nitrogens with zero attached hydrogens (tertiary/aromatic N) is 3. The van der Waals surface area contributed by atoms with Crippen molar-refractivity contribution < 1.29 is 4.79 Å². The topological polar surface area (TPSA) is 50.2 Å². The number of nitrogens with one attached hydrogen (secondary N) is 1. The van der Waals surface area contributed by atoms with Crippen molar-refractivity contribution in [3.8, 4) is 0 Å². The van der Waals surface area contributed by atoms with E-state index in [2.05, 4.69) is 34.4 Å². The summed E-state index contributed by atoms with van der Waals surface area (Å²) in [5, 5.41) is 7.09. The molecule has 2 aromatic rings. The second kappa shape index (κ2) is 8.34. The van der Waals surface area contributed by atoms with Gasteiger partial charge in [0.1, 0.15) is 0 Å². The molecule has 1 heterocycles. The molecule has 0 radical (unpaired) electrons. The molecule has 0 aliphatic rings. The predicted molar refractivity (Wildman–Crippen MR) is 87.3 cm³/mol. The summed E-state index contributed by atoms with van der Waals surface area (Å²) >= 11 is 0. The maximum Gasteiger partial charge on any atom is 0.234 e. The van der Waals surface area contributed by atoms with E-state index in [0.29, 0.717) is 13.1 Å². The fraction of sp³-hybridized carbons (Fsp3) is 0.412. The first kappa shape index (κ1) is 16.2. The number of amides is 1. The quantitative estimate of drug-likeness (QED) is 0.759. The lowest BCUT2D eigenvalue weighted by Gasteiger charge is -2.24. The number of likely N-dealkylation sites (N-methyl/N-ethyl adjacent to an activating group) is 1. The second-order valence-electron chi connectivity index (χ2n) is 5.47. The Kier molecular flexibility index (Phi) is 6.15. The molecule has 5 heteroatoms. The maximum atomic E-state index is 12.0. The largest absolute Gasteiger partial charge is 0.355 e. The lowest BCUT2D eigenvalue weighted by Crippen LogP contribution is -2.37. The molecule has 0 saturated carbocycles. The van der Waals surface area contributed by atoms with Crippen LogP contribution in [0, 0.1) is 0 Å². The van der Waals surface area contributed by atoms with Gasteiger partial charge in [-0.15, -0.1) is 0 Å². The molecule has 118 valence electrons. The zero-order valence-electron chi connectivity index (χ0n) is 13.3. The fourth-order valence-electron chi connectivity index (χ4n) is 2.31. The van der Waals surface area contributed by atoms with Crippen LogP contribution in [0.4, 0.5) is 0 Å². The number of carbonyl (C=O) groups excluding carboxylic acids is 1. The highest BCUT2D eigenvalue weighted by Gasteiger charge is 2.14. The van der Waals surface area contributed by atoms with Crippen LogP contribution in [-0.4, -0.2) is 40.7 Å². The van der Waals surface area contributed by atoms with Gasteiger partial charge in [0, 0.05) is 31.5 Å². The fourth-order valence-corrected chi connectivity index (χ4v) is 2.31. The van der Waals surface area contributed by atoms with E-state index in [1.165, 1.54) is 5.56 Å². The van der Waals surface area contributed by atoms with E-state index in [1.807, 2.05) is 42.2 Å². The molecule has 0 bridgehead atoms. The van der Waals surface area contributed by atoms with Gasteiger partial charge in [0.15, 0.2) is 0 Å². The van der Waals surface area contributed by atoms with Gasteiger partial charge in [-0.05, 0) is 32.0 Å². The van der Waals surface area contributed by atoms with Crippen molar-refractivity contribution in [1.29, 1.82) is 0 Å². The number of aryl methyl sites for hydroxylation is 1. The average Bonchev–Trinajstić information content (AvgIpc) is 3.05. The molecule has 5 nitrogen and oxygen atoms in total. The summed E-state index contributed by atoms with van der Waals surface area (Å²) in [7, 11) is 1.97. The summed E-state index contributed by atoms with van der Waals surface area (Å²) in [4.78, 5) is 14.0. The van der Waals surface area contributed by atoms with E-state index in [4.69, 9.17) is 0 Å². The Morgan fingerprint density at radius 2 is 2.09 bits per heavy atom. The highest BCUT2D eigenvalue weighted by molar-refractivity contribution is 5.78. The summed E-state index contributed by atoms with van der Waals surface area (Å²) in [5.41, 5.74) is 1.22. The Hall–Kier alpha value is -2.14. The van der Waals surface area contributed by atoms with Crippen LogP contribution in [0.5, 0.6) is 0 Å². The summed E-state index contributed by atoms with van der Waals surface area (Å²) in [6.45, 7) is 4.01. The van der Waals surface area contributed by atoms with Crippen molar-refractivity contribution in [2.45, 2.75) is 25.9 Å². The molecular weight excluding hydrogens is 276 g/mol. The molecule has 0 aliphatic heterocycles. The monoisotopic (exact) mass is 300 g/mol. The van der Waals surface area contributed by atoms with Crippen molar-refractivity contribution in [2.24, 2.45) is 0 Å². The van der Waals surface area contributed by atoms with Gasteiger partial charge in [0.05, 0.1) is 6.54 Å². The van der Waals surface area contributed by atoms with Gasteiger partial charge in [-0.2, -0.15) is 5.10 Å². The van der Waals surface area contributed by atoms with Crippen LogP contribution < -0.4 is 5.32 Å². The Morgan fingerprint density at radius 3 is 2.77 bits per heavy atom.